The van der Waals surface area contributed by atoms with Crippen LogP contribution in [0.1, 0.15) is 27.0 Å². The monoisotopic (exact) mass is 269 g/mol. The highest BCUT2D eigenvalue weighted by Crippen LogP contribution is 2.23. The first kappa shape index (κ1) is 14.1. The fraction of sp³-hybridized carbons (Fsp3) is 0.235. The summed E-state index contributed by atoms with van der Waals surface area (Å²) in [6, 6.07) is 13.6. The van der Waals surface area contributed by atoms with Gasteiger partial charge in [-0.3, -0.25) is 0 Å². The summed E-state index contributed by atoms with van der Waals surface area (Å²) in [4.78, 5) is 13.3. The molecule has 3 nitrogen and oxygen atoms in total. The van der Waals surface area contributed by atoms with E-state index in [1.165, 1.54) is 11.1 Å². The van der Waals surface area contributed by atoms with E-state index >= 15 is 0 Å². The van der Waals surface area contributed by atoms with Crippen LogP contribution in [-0.4, -0.2) is 18.1 Å². The molecule has 0 aliphatic heterocycles. The molecule has 0 unspecified atom stereocenters. The molecule has 0 saturated heterocycles. The normalized spacial score (nSPS) is 10.3. The average molecular weight is 269 g/mol. The van der Waals surface area contributed by atoms with Crippen LogP contribution in [0.5, 0.6) is 0 Å². The predicted molar refractivity (Wildman–Crippen MR) is 81.4 cm³/mol. The Hall–Kier alpha value is -2.29. The Morgan fingerprint density at radius 2 is 1.85 bits per heavy atom. The number of hydrogen-bond donors (Lipinski definition) is 1. The quantitative estimate of drug-likeness (QED) is 0.921. The lowest BCUT2D eigenvalue weighted by Gasteiger charge is -2.22. The summed E-state index contributed by atoms with van der Waals surface area (Å²) in [5, 5.41) is 9.30. The molecule has 0 spiro atoms. The first-order chi connectivity index (χ1) is 9.49. The molecule has 2 aromatic rings. The van der Waals surface area contributed by atoms with E-state index in [2.05, 4.69) is 19.1 Å². The van der Waals surface area contributed by atoms with E-state index in [9.17, 15) is 9.90 Å². The maximum atomic E-state index is 11.3. The van der Waals surface area contributed by atoms with Crippen molar-refractivity contribution in [2.24, 2.45) is 0 Å². The van der Waals surface area contributed by atoms with Gasteiger partial charge in [0.05, 0.1) is 11.3 Å². The number of hydrogen-bond acceptors (Lipinski definition) is 2. The van der Waals surface area contributed by atoms with Crippen molar-refractivity contribution < 1.29 is 9.90 Å². The van der Waals surface area contributed by atoms with Crippen LogP contribution in [0.3, 0.4) is 0 Å². The number of benzene rings is 2. The first-order valence-corrected chi connectivity index (χ1v) is 6.58. The summed E-state index contributed by atoms with van der Waals surface area (Å²) in [5.41, 5.74) is 4.56. The van der Waals surface area contributed by atoms with Crippen LogP contribution in [0, 0.1) is 13.8 Å². The lowest BCUT2D eigenvalue weighted by atomic mass is 10.1. The molecule has 0 atom stereocenters. The molecule has 0 fully saturated rings. The molecular weight excluding hydrogens is 250 g/mol. The Balaban J connectivity index is 2.34. The number of anilines is 1. The van der Waals surface area contributed by atoms with Crippen LogP contribution >= 0.6 is 0 Å². The number of nitrogens with zero attached hydrogens (tertiary/aromatic N) is 1. The van der Waals surface area contributed by atoms with Crippen LogP contribution in [-0.2, 0) is 6.54 Å². The van der Waals surface area contributed by atoms with E-state index in [4.69, 9.17) is 0 Å². The molecule has 0 heterocycles. The molecule has 1 N–H and O–H groups in total. The van der Waals surface area contributed by atoms with Crippen molar-refractivity contribution in [3.8, 4) is 0 Å². The van der Waals surface area contributed by atoms with Crippen molar-refractivity contribution in [1.82, 2.24) is 0 Å². The minimum absolute atomic E-state index is 0.340. The number of carboxylic acid groups (broad SMARTS) is 1. The smallest absolute Gasteiger partial charge is 0.337 e. The Morgan fingerprint density at radius 1 is 1.15 bits per heavy atom. The van der Waals surface area contributed by atoms with E-state index in [1.807, 2.05) is 43.1 Å². The largest absolute Gasteiger partial charge is 0.478 e. The SMILES string of the molecule is Cc1ccc(C(=O)O)c(N(C)Cc2ccccc2C)c1. The van der Waals surface area contributed by atoms with Gasteiger partial charge in [-0.25, -0.2) is 4.79 Å². The average Bonchev–Trinajstić information content (AvgIpc) is 2.40. The number of rotatable bonds is 4. The van der Waals surface area contributed by atoms with Gasteiger partial charge >= 0.3 is 5.97 Å². The van der Waals surface area contributed by atoms with Crippen molar-refractivity contribution in [1.29, 1.82) is 0 Å². The zero-order chi connectivity index (χ0) is 14.7. The van der Waals surface area contributed by atoms with E-state index in [0.717, 1.165) is 11.3 Å². The zero-order valence-corrected chi connectivity index (χ0v) is 12.1. The van der Waals surface area contributed by atoms with E-state index in [1.54, 1.807) is 6.07 Å². The molecule has 0 radical (unpaired) electrons. The summed E-state index contributed by atoms with van der Waals surface area (Å²) < 4.78 is 0. The molecule has 104 valence electrons. The number of carboxylic acids is 1. The van der Waals surface area contributed by atoms with Crippen molar-refractivity contribution in [3.63, 3.8) is 0 Å². The second-order valence-corrected chi connectivity index (χ2v) is 5.11. The highest BCUT2D eigenvalue weighted by molar-refractivity contribution is 5.94. The standard InChI is InChI=1S/C17H19NO2/c1-12-8-9-15(17(19)20)16(10-12)18(3)11-14-7-5-4-6-13(14)2/h4-10H,11H2,1-3H3,(H,19,20). The van der Waals surface area contributed by atoms with Crippen molar-refractivity contribution >= 4 is 11.7 Å². The third kappa shape index (κ3) is 2.99. The summed E-state index contributed by atoms with van der Waals surface area (Å²) in [7, 11) is 1.92. The summed E-state index contributed by atoms with van der Waals surface area (Å²) >= 11 is 0. The number of aryl methyl sites for hydroxylation is 2. The molecule has 20 heavy (non-hydrogen) atoms. The Kier molecular flexibility index (Phi) is 4.08. The maximum absolute atomic E-state index is 11.3. The fourth-order valence-electron chi connectivity index (χ4n) is 2.27. The fourth-order valence-corrected chi connectivity index (χ4v) is 2.27. The Morgan fingerprint density at radius 3 is 2.50 bits per heavy atom. The Bertz CT molecular complexity index is 635. The molecule has 0 aliphatic carbocycles. The lowest BCUT2D eigenvalue weighted by Crippen LogP contribution is -2.20. The lowest BCUT2D eigenvalue weighted by molar-refractivity contribution is 0.0697. The third-order valence-corrected chi connectivity index (χ3v) is 3.46. The minimum atomic E-state index is -0.892. The molecular formula is C17H19NO2. The van der Waals surface area contributed by atoms with E-state index in [-0.39, 0.29) is 0 Å². The van der Waals surface area contributed by atoms with Gasteiger partial charge in [-0.15, -0.1) is 0 Å². The van der Waals surface area contributed by atoms with Gasteiger partial charge in [-0.05, 0) is 42.7 Å². The van der Waals surface area contributed by atoms with Crippen molar-refractivity contribution in [2.75, 3.05) is 11.9 Å². The van der Waals surface area contributed by atoms with E-state index < -0.39 is 5.97 Å². The van der Waals surface area contributed by atoms with Crippen LogP contribution in [0.25, 0.3) is 0 Å². The minimum Gasteiger partial charge on any atom is -0.478 e. The second kappa shape index (κ2) is 5.78. The zero-order valence-electron chi connectivity index (χ0n) is 12.1. The topological polar surface area (TPSA) is 40.5 Å². The molecule has 0 saturated carbocycles. The van der Waals surface area contributed by atoms with Gasteiger partial charge in [0.15, 0.2) is 0 Å². The van der Waals surface area contributed by atoms with E-state index in [0.29, 0.717) is 12.1 Å². The van der Waals surface area contributed by atoms with Gasteiger partial charge in [0.25, 0.3) is 0 Å². The third-order valence-electron chi connectivity index (χ3n) is 3.46. The molecule has 2 rings (SSSR count). The molecule has 0 amide bonds. The first-order valence-electron chi connectivity index (χ1n) is 6.58. The predicted octanol–water partition coefficient (Wildman–Crippen LogP) is 3.64. The molecule has 2 aromatic carbocycles. The molecule has 0 bridgehead atoms. The van der Waals surface area contributed by atoms with Gasteiger partial charge in [-0.1, -0.05) is 30.3 Å². The van der Waals surface area contributed by atoms with Crippen LogP contribution < -0.4 is 4.90 Å². The highest BCUT2D eigenvalue weighted by atomic mass is 16.4. The molecule has 0 aromatic heterocycles. The molecule has 3 heteroatoms. The summed E-state index contributed by atoms with van der Waals surface area (Å²) in [6.07, 6.45) is 0. The van der Waals surface area contributed by atoms with Crippen LogP contribution in [0.15, 0.2) is 42.5 Å². The van der Waals surface area contributed by atoms with Gasteiger partial charge in [0.1, 0.15) is 0 Å². The van der Waals surface area contributed by atoms with Crippen LogP contribution in [0.4, 0.5) is 5.69 Å². The van der Waals surface area contributed by atoms with Gasteiger partial charge in [0.2, 0.25) is 0 Å². The summed E-state index contributed by atoms with van der Waals surface area (Å²) in [5.74, 6) is -0.892. The second-order valence-electron chi connectivity index (χ2n) is 5.11. The number of carbonyl (C=O) groups is 1. The van der Waals surface area contributed by atoms with Gasteiger partial charge < -0.3 is 10.0 Å². The van der Waals surface area contributed by atoms with Crippen molar-refractivity contribution in [3.05, 3.63) is 64.7 Å². The van der Waals surface area contributed by atoms with Gasteiger partial charge in [-0.2, -0.15) is 0 Å². The highest BCUT2D eigenvalue weighted by Gasteiger charge is 2.14. The van der Waals surface area contributed by atoms with Crippen molar-refractivity contribution in [2.45, 2.75) is 20.4 Å². The molecule has 0 aliphatic rings. The number of aromatic carboxylic acids is 1. The van der Waals surface area contributed by atoms with Gasteiger partial charge in [0, 0.05) is 13.6 Å². The Labute approximate surface area is 119 Å². The maximum Gasteiger partial charge on any atom is 0.337 e. The summed E-state index contributed by atoms with van der Waals surface area (Å²) in [6.45, 7) is 4.73. The van der Waals surface area contributed by atoms with Crippen LogP contribution in [0.2, 0.25) is 0 Å².